The highest BCUT2D eigenvalue weighted by Gasteiger charge is 2.47. The topological polar surface area (TPSA) is 55.4 Å². The quantitative estimate of drug-likeness (QED) is 0.831. The van der Waals surface area contributed by atoms with E-state index >= 15 is 0 Å². The summed E-state index contributed by atoms with van der Waals surface area (Å²) >= 11 is 0. The van der Waals surface area contributed by atoms with Crippen LogP contribution >= 0.6 is 0 Å². The molecule has 104 valence electrons. The number of ether oxygens (including phenoxy) is 1. The maximum Gasteiger partial charge on any atom is 0.335 e. The molecule has 0 radical (unpaired) electrons. The molecule has 0 aliphatic rings. The Morgan fingerprint density at radius 3 is 2.37 bits per heavy atom. The van der Waals surface area contributed by atoms with Crippen molar-refractivity contribution in [2.75, 3.05) is 6.61 Å². The molecule has 1 aromatic carbocycles. The van der Waals surface area contributed by atoms with Crippen molar-refractivity contribution in [3.8, 4) is 0 Å². The lowest BCUT2D eigenvalue weighted by molar-refractivity contribution is -0.160. The smallest absolute Gasteiger partial charge is 0.335 e. The Bertz CT molecular complexity index is 448. The van der Waals surface area contributed by atoms with Crippen LogP contribution in [0.25, 0.3) is 0 Å². The summed E-state index contributed by atoms with van der Waals surface area (Å²) in [6.07, 6.45) is 0. The van der Waals surface area contributed by atoms with Crippen molar-refractivity contribution in [2.45, 2.75) is 25.8 Å². The lowest BCUT2D eigenvalue weighted by Gasteiger charge is -2.25. The van der Waals surface area contributed by atoms with Crippen LogP contribution in [0.2, 0.25) is 0 Å². The third-order valence-electron chi connectivity index (χ3n) is 2.39. The highest BCUT2D eigenvalue weighted by atomic mass is 19.3. The number of hydrogen-bond acceptors (Lipinski definition) is 3. The fraction of sp³-hybridized carbons (Fsp3) is 0.385. The lowest BCUT2D eigenvalue weighted by atomic mass is 10.0. The molecule has 0 fully saturated rings. The number of carbonyl (C=O) groups excluding carboxylic acids is 2. The molecule has 1 N–H and O–H groups in total. The van der Waals surface area contributed by atoms with Crippen LogP contribution in [0.1, 0.15) is 19.4 Å². The first-order valence-electron chi connectivity index (χ1n) is 5.76. The molecule has 0 saturated carbocycles. The van der Waals surface area contributed by atoms with Crippen LogP contribution in [-0.4, -0.2) is 24.5 Å². The third-order valence-corrected chi connectivity index (χ3v) is 2.39. The molecule has 1 atom stereocenters. The van der Waals surface area contributed by atoms with E-state index in [1.165, 1.54) is 31.2 Å². The van der Waals surface area contributed by atoms with E-state index in [0.29, 0.717) is 0 Å². The Kier molecular flexibility index (Phi) is 4.97. The van der Waals surface area contributed by atoms with Gasteiger partial charge in [-0.25, -0.2) is 4.79 Å². The number of halogens is 2. The van der Waals surface area contributed by atoms with Gasteiger partial charge in [-0.3, -0.25) is 4.79 Å². The molecular weight excluding hydrogens is 256 g/mol. The van der Waals surface area contributed by atoms with Crippen LogP contribution < -0.4 is 5.32 Å². The van der Waals surface area contributed by atoms with Gasteiger partial charge in [-0.05, 0) is 6.92 Å². The zero-order valence-corrected chi connectivity index (χ0v) is 10.7. The van der Waals surface area contributed by atoms with Crippen LogP contribution in [0.4, 0.5) is 8.78 Å². The second kappa shape index (κ2) is 6.26. The first-order chi connectivity index (χ1) is 8.89. The highest BCUT2D eigenvalue weighted by Crippen LogP contribution is 2.32. The van der Waals surface area contributed by atoms with Crippen molar-refractivity contribution >= 4 is 11.9 Å². The number of nitrogens with one attached hydrogen (secondary N) is 1. The van der Waals surface area contributed by atoms with E-state index in [9.17, 15) is 18.4 Å². The van der Waals surface area contributed by atoms with Gasteiger partial charge in [0.05, 0.1) is 6.61 Å². The van der Waals surface area contributed by atoms with Crippen molar-refractivity contribution in [2.24, 2.45) is 0 Å². The highest BCUT2D eigenvalue weighted by molar-refractivity contribution is 5.84. The molecule has 0 aliphatic carbocycles. The van der Waals surface area contributed by atoms with Gasteiger partial charge < -0.3 is 10.1 Å². The van der Waals surface area contributed by atoms with Gasteiger partial charge in [0.25, 0.3) is 0 Å². The average Bonchev–Trinajstić information content (AvgIpc) is 2.37. The van der Waals surface area contributed by atoms with Gasteiger partial charge in [-0.2, -0.15) is 8.78 Å². The molecule has 0 spiro atoms. The molecule has 1 rings (SSSR count). The summed E-state index contributed by atoms with van der Waals surface area (Å²) in [4.78, 5) is 22.6. The third kappa shape index (κ3) is 3.74. The van der Waals surface area contributed by atoms with Gasteiger partial charge in [0.2, 0.25) is 5.91 Å². The Labute approximate surface area is 109 Å². The molecule has 19 heavy (non-hydrogen) atoms. The van der Waals surface area contributed by atoms with E-state index in [1.54, 1.807) is 6.07 Å². The van der Waals surface area contributed by atoms with Crippen LogP contribution in [0.15, 0.2) is 30.3 Å². The monoisotopic (exact) mass is 271 g/mol. The van der Waals surface area contributed by atoms with Crippen molar-refractivity contribution < 1.29 is 23.1 Å². The molecule has 0 saturated heterocycles. The molecule has 6 heteroatoms. The number of hydrogen-bond donors (Lipinski definition) is 1. The summed E-state index contributed by atoms with van der Waals surface area (Å²) in [5.41, 5.74) is -0.359. The van der Waals surface area contributed by atoms with Crippen LogP contribution in [-0.2, 0) is 20.2 Å². The number of benzene rings is 1. The van der Waals surface area contributed by atoms with E-state index in [1.807, 2.05) is 5.32 Å². The predicted molar refractivity (Wildman–Crippen MR) is 64.6 cm³/mol. The summed E-state index contributed by atoms with van der Waals surface area (Å²) in [5, 5.41) is 1.94. The zero-order valence-electron chi connectivity index (χ0n) is 10.7. The fourth-order valence-electron chi connectivity index (χ4n) is 1.55. The van der Waals surface area contributed by atoms with Crippen molar-refractivity contribution in [3.05, 3.63) is 35.9 Å². The van der Waals surface area contributed by atoms with Gasteiger partial charge >= 0.3 is 11.9 Å². The lowest BCUT2D eigenvalue weighted by Crippen LogP contribution is -2.51. The summed E-state index contributed by atoms with van der Waals surface area (Å²) in [5.74, 6) is -5.43. The van der Waals surface area contributed by atoms with Gasteiger partial charge in [0, 0.05) is 12.5 Å². The molecule has 1 aromatic rings. The number of esters is 1. The Morgan fingerprint density at radius 2 is 1.89 bits per heavy atom. The molecule has 4 nitrogen and oxygen atoms in total. The van der Waals surface area contributed by atoms with Crippen molar-refractivity contribution in [1.82, 2.24) is 5.32 Å². The van der Waals surface area contributed by atoms with Gasteiger partial charge in [-0.15, -0.1) is 0 Å². The average molecular weight is 271 g/mol. The van der Waals surface area contributed by atoms with E-state index in [4.69, 9.17) is 0 Å². The number of alkyl halides is 2. The minimum Gasteiger partial charge on any atom is -0.464 e. The predicted octanol–water partition coefficient (Wildman–Crippen LogP) is 1.85. The Balaban J connectivity index is 3.08. The molecule has 0 aromatic heterocycles. The van der Waals surface area contributed by atoms with Crippen molar-refractivity contribution in [1.29, 1.82) is 0 Å². The molecule has 1 amide bonds. The summed E-state index contributed by atoms with van der Waals surface area (Å²) in [6.45, 7) is 2.52. The summed E-state index contributed by atoms with van der Waals surface area (Å²) in [6, 6.07) is 4.78. The largest absolute Gasteiger partial charge is 0.464 e. The molecule has 0 heterocycles. The second-order valence-electron chi connectivity index (χ2n) is 3.87. The SMILES string of the molecule is CCOC(=O)[C@@H](NC(C)=O)C(F)(F)c1ccccc1. The molecule has 0 unspecified atom stereocenters. The maximum atomic E-state index is 14.2. The molecular formula is C13H15F2NO3. The second-order valence-corrected chi connectivity index (χ2v) is 3.87. The number of rotatable bonds is 5. The minimum absolute atomic E-state index is 0.0419. The Hall–Kier alpha value is -1.98. The van der Waals surface area contributed by atoms with E-state index < -0.39 is 23.8 Å². The van der Waals surface area contributed by atoms with E-state index in [-0.39, 0.29) is 12.2 Å². The normalized spacial score (nSPS) is 12.6. The minimum atomic E-state index is -3.54. The zero-order chi connectivity index (χ0) is 14.5. The Morgan fingerprint density at radius 1 is 1.32 bits per heavy atom. The summed E-state index contributed by atoms with van der Waals surface area (Å²) in [7, 11) is 0. The number of amides is 1. The van der Waals surface area contributed by atoms with Gasteiger partial charge in [0.15, 0.2) is 6.04 Å². The van der Waals surface area contributed by atoms with E-state index in [2.05, 4.69) is 4.74 Å². The first kappa shape index (κ1) is 15.1. The first-order valence-corrected chi connectivity index (χ1v) is 5.76. The standard InChI is InChI=1S/C13H15F2NO3/c1-3-19-12(18)11(16-9(2)17)13(14,15)10-7-5-4-6-8-10/h4-8,11H,3H2,1-2H3,(H,16,17)/t11-/m1/s1. The summed E-state index contributed by atoms with van der Waals surface area (Å²) < 4.78 is 33.1. The maximum absolute atomic E-state index is 14.2. The number of carbonyl (C=O) groups is 2. The van der Waals surface area contributed by atoms with Gasteiger partial charge in [0.1, 0.15) is 0 Å². The van der Waals surface area contributed by atoms with Crippen molar-refractivity contribution in [3.63, 3.8) is 0 Å². The molecule has 0 aliphatic heterocycles. The van der Waals surface area contributed by atoms with Crippen LogP contribution in [0.3, 0.4) is 0 Å². The van der Waals surface area contributed by atoms with E-state index in [0.717, 1.165) is 6.92 Å². The van der Waals surface area contributed by atoms with Gasteiger partial charge in [-0.1, -0.05) is 30.3 Å². The fourth-order valence-corrected chi connectivity index (χ4v) is 1.55. The van der Waals surface area contributed by atoms with Crippen LogP contribution in [0.5, 0.6) is 0 Å². The van der Waals surface area contributed by atoms with Crippen LogP contribution in [0, 0.1) is 0 Å². The molecule has 0 bridgehead atoms.